The minimum absolute atomic E-state index is 0.177. The van der Waals surface area contributed by atoms with Crippen molar-refractivity contribution in [1.29, 1.82) is 0 Å². The maximum Gasteiger partial charge on any atom is 0.265 e. The lowest BCUT2D eigenvalue weighted by molar-refractivity contribution is 0.600. The molecule has 0 unspecified atom stereocenters. The van der Waals surface area contributed by atoms with Crippen LogP contribution in [0.4, 0.5) is 5.69 Å². The number of anilines is 1. The van der Waals surface area contributed by atoms with Gasteiger partial charge in [-0.15, -0.1) is 0 Å². The fraction of sp³-hybridized carbons (Fsp3) is 0.167. The summed E-state index contributed by atoms with van der Waals surface area (Å²) in [6.45, 7) is 5.20. The monoisotopic (exact) mass is 375 g/mol. The average molecular weight is 376 g/mol. The van der Waals surface area contributed by atoms with E-state index in [-0.39, 0.29) is 4.90 Å². The van der Waals surface area contributed by atoms with E-state index in [2.05, 4.69) is 9.82 Å². The molecule has 5 nitrogen and oxygen atoms in total. The van der Waals surface area contributed by atoms with Gasteiger partial charge in [0.15, 0.2) is 0 Å². The highest BCUT2D eigenvalue weighted by molar-refractivity contribution is 7.92. The molecule has 0 aliphatic carbocycles. The highest BCUT2D eigenvalue weighted by Crippen LogP contribution is 2.28. The molecule has 130 valence electrons. The number of benzene rings is 2. The van der Waals surface area contributed by atoms with Crippen molar-refractivity contribution in [2.75, 3.05) is 4.72 Å². The molecule has 0 fully saturated rings. The fourth-order valence-electron chi connectivity index (χ4n) is 2.75. The molecule has 7 heteroatoms. The Balaban J connectivity index is 2.07. The lowest BCUT2D eigenvalue weighted by Crippen LogP contribution is -2.15. The van der Waals surface area contributed by atoms with Gasteiger partial charge in [-0.2, -0.15) is 5.10 Å². The van der Waals surface area contributed by atoms with Crippen LogP contribution in [0.1, 0.15) is 17.0 Å². The summed E-state index contributed by atoms with van der Waals surface area (Å²) in [7, 11) is -3.79. The van der Waals surface area contributed by atoms with E-state index in [1.807, 2.05) is 30.3 Å². The van der Waals surface area contributed by atoms with Crippen LogP contribution in [-0.4, -0.2) is 18.2 Å². The van der Waals surface area contributed by atoms with Gasteiger partial charge in [-0.05, 0) is 50.6 Å². The van der Waals surface area contributed by atoms with E-state index in [9.17, 15) is 8.42 Å². The maximum absolute atomic E-state index is 12.9. The molecule has 1 heterocycles. The Morgan fingerprint density at radius 1 is 1.00 bits per heavy atom. The van der Waals surface area contributed by atoms with Crippen molar-refractivity contribution in [2.24, 2.45) is 0 Å². The molecule has 0 aliphatic heterocycles. The van der Waals surface area contributed by atoms with Gasteiger partial charge in [0.05, 0.1) is 22.8 Å². The third-order valence-electron chi connectivity index (χ3n) is 4.01. The smallest absolute Gasteiger partial charge is 0.265 e. The predicted octanol–water partition coefficient (Wildman–Crippen LogP) is 4.25. The number of rotatable bonds is 4. The van der Waals surface area contributed by atoms with Gasteiger partial charge in [-0.3, -0.25) is 4.72 Å². The standard InChI is InChI=1S/C18H18ClN3O2S/c1-12-16(19)10-7-11-17(12)21-25(23,24)18-13(2)20-22(14(18)3)15-8-5-4-6-9-15/h4-11,21H,1-3H3. The summed E-state index contributed by atoms with van der Waals surface area (Å²) in [6.07, 6.45) is 0. The van der Waals surface area contributed by atoms with Gasteiger partial charge in [0, 0.05) is 5.02 Å². The molecule has 1 N–H and O–H groups in total. The molecule has 2 aromatic carbocycles. The second-order valence-electron chi connectivity index (χ2n) is 5.77. The summed E-state index contributed by atoms with van der Waals surface area (Å²) < 4.78 is 30.1. The number of aromatic nitrogens is 2. The van der Waals surface area contributed by atoms with E-state index in [4.69, 9.17) is 11.6 Å². The van der Waals surface area contributed by atoms with Crippen LogP contribution >= 0.6 is 11.6 Å². The zero-order valence-corrected chi connectivity index (χ0v) is 15.7. The Hall–Kier alpha value is -2.31. The minimum atomic E-state index is -3.79. The van der Waals surface area contributed by atoms with Crippen LogP contribution in [-0.2, 0) is 10.0 Å². The van der Waals surface area contributed by atoms with Crippen LogP contribution in [0.3, 0.4) is 0 Å². The predicted molar refractivity (Wildman–Crippen MR) is 100 cm³/mol. The van der Waals surface area contributed by atoms with Crippen molar-refractivity contribution in [3.63, 3.8) is 0 Å². The number of sulfonamides is 1. The quantitative estimate of drug-likeness (QED) is 0.741. The molecule has 0 aliphatic rings. The Bertz CT molecular complexity index is 1030. The molecule has 0 radical (unpaired) electrons. The lowest BCUT2D eigenvalue weighted by atomic mass is 10.2. The molecule has 0 spiro atoms. The van der Waals surface area contributed by atoms with Crippen molar-refractivity contribution in [2.45, 2.75) is 25.7 Å². The van der Waals surface area contributed by atoms with Crippen LogP contribution in [0, 0.1) is 20.8 Å². The first-order valence-electron chi connectivity index (χ1n) is 7.71. The van der Waals surface area contributed by atoms with Gasteiger partial charge in [0.1, 0.15) is 4.90 Å². The van der Waals surface area contributed by atoms with E-state index in [1.165, 1.54) is 0 Å². The average Bonchev–Trinajstić information content (AvgIpc) is 2.88. The second kappa shape index (κ2) is 6.54. The zero-order valence-electron chi connectivity index (χ0n) is 14.1. The van der Waals surface area contributed by atoms with Gasteiger partial charge in [0.25, 0.3) is 10.0 Å². The summed E-state index contributed by atoms with van der Waals surface area (Å²) >= 11 is 6.08. The van der Waals surface area contributed by atoms with Crippen molar-refractivity contribution in [1.82, 2.24) is 9.78 Å². The first-order chi connectivity index (χ1) is 11.8. The highest BCUT2D eigenvalue weighted by Gasteiger charge is 2.25. The lowest BCUT2D eigenvalue weighted by Gasteiger charge is -2.12. The zero-order chi connectivity index (χ0) is 18.2. The summed E-state index contributed by atoms with van der Waals surface area (Å²) in [5, 5.41) is 4.91. The minimum Gasteiger partial charge on any atom is -0.279 e. The van der Waals surface area contributed by atoms with Crippen molar-refractivity contribution in [3.8, 4) is 5.69 Å². The maximum atomic E-state index is 12.9. The third kappa shape index (κ3) is 3.27. The number of aryl methyl sites for hydroxylation is 1. The van der Waals surface area contributed by atoms with E-state index in [1.54, 1.807) is 43.7 Å². The summed E-state index contributed by atoms with van der Waals surface area (Å²) in [6, 6.07) is 14.5. The number of halogens is 1. The summed E-state index contributed by atoms with van der Waals surface area (Å²) in [5.41, 5.74) is 2.94. The molecule has 0 saturated heterocycles. The number of hydrogen-bond acceptors (Lipinski definition) is 3. The normalized spacial score (nSPS) is 11.5. The van der Waals surface area contributed by atoms with Crippen molar-refractivity contribution in [3.05, 3.63) is 70.5 Å². The Morgan fingerprint density at radius 3 is 2.36 bits per heavy atom. The SMILES string of the molecule is Cc1nn(-c2ccccc2)c(C)c1S(=O)(=O)Nc1cccc(Cl)c1C. The van der Waals surface area contributed by atoms with E-state index in [0.29, 0.717) is 27.7 Å². The summed E-state index contributed by atoms with van der Waals surface area (Å²) in [4.78, 5) is 0.177. The Kier molecular flexibility index (Phi) is 4.58. The first-order valence-corrected chi connectivity index (χ1v) is 9.57. The molecule has 0 atom stereocenters. The van der Waals surface area contributed by atoms with Gasteiger partial charge in [0.2, 0.25) is 0 Å². The van der Waals surface area contributed by atoms with Gasteiger partial charge >= 0.3 is 0 Å². The van der Waals surface area contributed by atoms with Crippen LogP contribution < -0.4 is 4.72 Å². The molecule has 3 rings (SSSR count). The number of nitrogens with zero attached hydrogens (tertiary/aromatic N) is 2. The van der Waals surface area contributed by atoms with Crippen LogP contribution in [0.25, 0.3) is 5.69 Å². The van der Waals surface area contributed by atoms with Crippen LogP contribution in [0.2, 0.25) is 5.02 Å². The third-order valence-corrected chi connectivity index (χ3v) is 6.03. The van der Waals surface area contributed by atoms with E-state index in [0.717, 1.165) is 5.69 Å². The molecular weight excluding hydrogens is 358 g/mol. The van der Waals surface area contributed by atoms with Gasteiger partial charge in [-0.25, -0.2) is 13.1 Å². The molecule has 0 saturated carbocycles. The fourth-order valence-corrected chi connectivity index (χ4v) is 4.44. The molecular formula is C18H18ClN3O2S. The number of para-hydroxylation sites is 1. The Morgan fingerprint density at radius 2 is 1.68 bits per heavy atom. The molecule has 25 heavy (non-hydrogen) atoms. The van der Waals surface area contributed by atoms with Gasteiger partial charge < -0.3 is 0 Å². The highest BCUT2D eigenvalue weighted by atomic mass is 35.5. The second-order valence-corrected chi connectivity index (χ2v) is 7.79. The number of hydrogen-bond donors (Lipinski definition) is 1. The van der Waals surface area contributed by atoms with Crippen LogP contribution in [0.15, 0.2) is 53.4 Å². The van der Waals surface area contributed by atoms with Crippen LogP contribution in [0.5, 0.6) is 0 Å². The van der Waals surface area contributed by atoms with E-state index >= 15 is 0 Å². The largest absolute Gasteiger partial charge is 0.279 e. The molecule has 3 aromatic rings. The molecule has 0 amide bonds. The van der Waals surface area contributed by atoms with E-state index < -0.39 is 10.0 Å². The van der Waals surface area contributed by atoms with Crippen molar-refractivity contribution >= 4 is 27.3 Å². The van der Waals surface area contributed by atoms with Crippen molar-refractivity contribution < 1.29 is 8.42 Å². The summed E-state index contributed by atoms with van der Waals surface area (Å²) in [5.74, 6) is 0. The van der Waals surface area contributed by atoms with Gasteiger partial charge in [-0.1, -0.05) is 35.9 Å². The molecule has 1 aromatic heterocycles. The Labute approximate surface area is 152 Å². The topological polar surface area (TPSA) is 64.0 Å². The number of nitrogens with one attached hydrogen (secondary N) is 1. The first kappa shape index (κ1) is 17.5. The molecule has 0 bridgehead atoms.